The average Bonchev–Trinajstić information content (AvgIpc) is 3.18. The van der Waals surface area contributed by atoms with Crippen LogP contribution >= 0.6 is 0 Å². The standard InChI is InChI=1S/C21H26N6O/c1-27-21(24-25-26-27)16-10-11-19(28-2)17(13-16)14-23-18-9-6-12-22-20(18)15-7-4-3-5-8-15/h3-5,7-8,10-11,13,18,20,22-23H,6,9,12,14H2,1-2H3/t18-,20-/m1/s1. The fraction of sp³-hybridized carbons (Fsp3) is 0.381. The summed E-state index contributed by atoms with van der Waals surface area (Å²) in [5, 5.41) is 19.2. The van der Waals surface area contributed by atoms with E-state index in [1.807, 2.05) is 19.2 Å². The number of piperidine rings is 1. The Morgan fingerprint density at radius 2 is 2.07 bits per heavy atom. The van der Waals surface area contributed by atoms with Gasteiger partial charge in [0, 0.05) is 36.8 Å². The van der Waals surface area contributed by atoms with Crippen molar-refractivity contribution in [3.8, 4) is 17.1 Å². The van der Waals surface area contributed by atoms with Crippen LogP contribution in [0.25, 0.3) is 11.4 Å². The molecule has 2 heterocycles. The molecule has 0 radical (unpaired) electrons. The number of aryl methyl sites for hydroxylation is 1. The van der Waals surface area contributed by atoms with Crippen LogP contribution < -0.4 is 15.4 Å². The fourth-order valence-corrected chi connectivity index (χ4v) is 3.89. The Labute approximate surface area is 165 Å². The Kier molecular flexibility index (Phi) is 5.64. The van der Waals surface area contributed by atoms with Crippen molar-refractivity contribution >= 4 is 0 Å². The topological polar surface area (TPSA) is 76.9 Å². The minimum absolute atomic E-state index is 0.312. The second kappa shape index (κ2) is 8.50. The minimum atomic E-state index is 0.312. The van der Waals surface area contributed by atoms with Crippen LogP contribution in [-0.2, 0) is 13.6 Å². The molecule has 0 amide bonds. The first-order chi connectivity index (χ1) is 13.8. The molecule has 0 aliphatic carbocycles. The molecule has 0 unspecified atom stereocenters. The lowest BCUT2D eigenvalue weighted by molar-refractivity contribution is 0.303. The summed E-state index contributed by atoms with van der Waals surface area (Å²) in [7, 11) is 3.55. The van der Waals surface area contributed by atoms with Crippen LogP contribution in [0.5, 0.6) is 5.75 Å². The normalized spacial score (nSPS) is 19.5. The smallest absolute Gasteiger partial charge is 0.181 e. The highest BCUT2D eigenvalue weighted by Crippen LogP contribution is 2.27. The lowest BCUT2D eigenvalue weighted by atomic mass is 9.92. The SMILES string of the molecule is COc1ccc(-c2nnnn2C)cc1CN[C@@H]1CCCN[C@@H]1c1ccccc1. The molecule has 1 aromatic heterocycles. The van der Waals surface area contributed by atoms with E-state index in [-0.39, 0.29) is 0 Å². The van der Waals surface area contributed by atoms with E-state index in [9.17, 15) is 0 Å². The van der Waals surface area contributed by atoms with Crippen molar-refractivity contribution in [1.29, 1.82) is 0 Å². The van der Waals surface area contributed by atoms with Gasteiger partial charge < -0.3 is 15.4 Å². The summed E-state index contributed by atoms with van der Waals surface area (Å²) in [6, 6.07) is 17.4. The van der Waals surface area contributed by atoms with Gasteiger partial charge in [-0.15, -0.1) is 5.10 Å². The van der Waals surface area contributed by atoms with Gasteiger partial charge in [-0.1, -0.05) is 30.3 Å². The van der Waals surface area contributed by atoms with Crippen molar-refractivity contribution in [3.05, 3.63) is 59.7 Å². The first kappa shape index (κ1) is 18.6. The van der Waals surface area contributed by atoms with E-state index in [4.69, 9.17) is 4.74 Å². The maximum atomic E-state index is 5.59. The van der Waals surface area contributed by atoms with E-state index >= 15 is 0 Å². The summed E-state index contributed by atoms with van der Waals surface area (Å²) in [4.78, 5) is 0. The molecule has 0 saturated carbocycles. The van der Waals surface area contributed by atoms with Gasteiger partial charge in [0.1, 0.15) is 5.75 Å². The zero-order valence-electron chi connectivity index (χ0n) is 16.3. The quantitative estimate of drug-likeness (QED) is 0.686. The van der Waals surface area contributed by atoms with Gasteiger partial charge in [-0.2, -0.15) is 0 Å². The third-order valence-corrected chi connectivity index (χ3v) is 5.33. The van der Waals surface area contributed by atoms with Gasteiger partial charge in [0.15, 0.2) is 5.82 Å². The molecule has 0 spiro atoms. The molecule has 7 nitrogen and oxygen atoms in total. The molecular weight excluding hydrogens is 352 g/mol. The third-order valence-electron chi connectivity index (χ3n) is 5.33. The van der Waals surface area contributed by atoms with Crippen LogP contribution in [-0.4, -0.2) is 39.9 Å². The summed E-state index contributed by atoms with van der Waals surface area (Å²) in [6.07, 6.45) is 2.31. The molecule has 2 atom stereocenters. The Bertz CT molecular complexity index is 910. The molecule has 0 bridgehead atoms. The maximum absolute atomic E-state index is 5.59. The number of methoxy groups -OCH3 is 1. The summed E-state index contributed by atoms with van der Waals surface area (Å²) < 4.78 is 7.26. The molecular formula is C21H26N6O. The van der Waals surface area contributed by atoms with E-state index in [1.54, 1.807) is 11.8 Å². The molecule has 3 aromatic rings. The monoisotopic (exact) mass is 378 g/mol. The van der Waals surface area contributed by atoms with Crippen LogP contribution in [0.2, 0.25) is 0 Å². The Hall–Kier alpha value is -2.77. The van der Waals surface area contributed by atoms with Crippen LogP contribution in [0.15, 0.2) is 48.5 Å². The van der Waals surface area contributed by atoms with E-state index in [0.717, 1.165) is 42.2 Å². The number of hydrogen-bond donors (Lipinski definition) is 2. The number of nitrogens with zero attached hydrogens (tertiary/aromatic N) is 4. The lowest BCUT2D eigenvalue weighted by Crippen LogP contribution is -2.45. The minimum Gasteiger partial charge on any atom is -0.496 e. The second-order valence-corrected chi connectivity index (χ2v) is 7.12. The summed E-state index contributed by atoms with van der Waals surface area (Å²) in [5.41, 5.74) is 3.40. The largest absolute Gasteiger partial charge is 0.496 e. The third kappa shape index (κ3) is 3.90. The first-order valence-electron chi connectivity index (χ1n) is 9.67. The van der Waals surface area contributed by atoms with Crippen molar-refractivity contribution in [2.45, 2.75) is 31.5 Å². The summed E-state index contributed by atoms with van der Waals surface area (Å²) >= 11 is 0. The lowest BCUT2D eigenvalue weighted by Gasteiger charge is -2.34. The zero-order valence-corrected chi connectivity index (χ0v) is 16.3. The van der Waals surface area contributed by atoms with Gasteiger partial charge in [-0.3, -0.25) is 0 Å². The second-order valence-electron chi connectivity index (χ2n) is 7.12. The van der Waals surface area contributed by atoms with Crippen molar-refractivity contribution in [1.82, 2.24) is 30.8 Å². The molecule has 2 N–H and O–H groups in total. The van der Waals surface area contributed by atoms with E-state index in [0.29, 0.717) is 12.1 Å². The number of nitrogens with one attached hydrogen (secondary N) is 2. The number of benzene rings is 2. The number of tetrazole rings is 1. The van der Waals surface area contributed by atoms with Gasteiger partial charge in [0.05, 0.1) is 7.11 Å². The highest BCUT2D eigenvalue weighted by molar-refractivity contribution is 5.58. The molecule has 1 aliphatic rings. The highest BCUT2D eigenvalue weighted by Gasteiger charge is 2.25. The van der Waals surface area contributed by atoms with Crippen molar-refractivity contribution in [3.63, 3.8) is 0 Å². The molecule has 2 aromatic carbocycles. The molecule has 146 valence electrons. The van der Waals surface area contributed by atoms with Crippen LogP contribution in [0.4, 0.5) is 0 Å². The van der Waals surface area contributed by atoms with Gasteiger partial charge in [0.2, 0.25) is 0 Å². The van der Waals surface area contributed by atoms with Crippen molar-refractivity contribution in [2.24, 2.45) is 7.05 Å². The van der Waals surface area contributed by atoms with E-state index < -0.39 is 0 Å². The number of rotatable bonds is 6. The van der Waals surface area contributed by atoms with Gasteiger partial charge >= 0.3 is 0 Å². The van der Waals surface area contributed by atoms with Gasteiger partial charge in [-0.05, 0) is 53.6 Å². The Morgan fingerprint density at radius 3 is 2.82 bits per heavy atom. The molecule has 4 rings (SSSR count). The van der Waals surface area contributed by atoms with E-state index in [1.165, 1.54) is 12.0 Å². The molecule has 28 heavy (non-hydrogen) atoms. The first-order valence-corrected chi connectivity index (χ1v) is 9.67. The Morgan fingerprint density at radius 1 is 1.21 bits per heavy atom. The molecule has 1 fully saturated rings. The van der Waals surface area contributed by atoms with Gasteiger partial charge in [0.25, 0.3) is 0 Å². The summed E-state index contributed by atoms with van der Waals surface area (Å²) in [6.45, 7) is 1.77. The predicted molar refractivity (Wildman–Crippen MR) is 108 cm³/mol. The van der Waals surface area contributed by atoms with Crippen LogP contribution in [0.3, 0.4) is 0 Å². The predicted octanol–water partition coefficient (Wildman–Crippen LogP) is 2.47. The van der Waals surface area contributed by atoms with Crippen LogP contribution in [0.1, 0.15) is 30.0 Å². The molecule has 1 aliphatic heterocycles. The Balaban J connectivity index is 1.54. The van der Waals surface area contributed by atoms with Crippen LogP contribution in [0, 0.1) is 0 Å². The van der Waals surface area contributed by atoms with Gasteiger partial charge in [-0.25, -0.2) is 4.68 Å². The number of aromatic nitrogens is 4. The summed E-state index contributed by atoms with van der Waals surface area (Å²) in [5.74, 6) is 1.61. The van der Waals surface area contributed by atoms with E-state index in [2.05, 4.69) is 62.6 Å². The van der Waals surface area contributed by atoms with Crippen molar-refractivity contribution in [2.75, 3.05) is 13.7 Å². The molecule has 1 saturated heterocycles. The molecule has 7 heteroatoms. The zero-order chi connectivity index (χ0) is 19.3. The fourth-order valence-electron chi connectivity index (χ4n) is 3.89. The highest BCUT2D eigenvalue weighted by atomic mass is 16.5. The maximum Gasteiger partial charge on any atom is 0.181 e. The van der Waals surface area contributed by atoms with Crippen molar-refractivity contribution < 1.29 is 4.74 Å². The average molecular weight is 378 g/mol. The number of ether oxygens (including phenoxy) is 1. The number of hydrogen-bond acceptors (Lipinski definition) is 6.